The molecule has 2 amide bonds. The first-order valence-corrected chi connectivity index (χ1v) is 9.37. The minimum absolute atomic E-state index is 0.0415. The number of para-hydroxylation sites is 1. The number of hydrogen-bond donors (Lipinski definition) is 3. The van der Waals surface area contributed by atoms with Crippen LogP contribution in [-0.4, -0.2) is 38.8 Å². The van der Waals surface area contributed by atoms with Gasteiger partial charge in [0, 0.05) is 28.9 Å². The Kier molecular flexibility index (Phi) is 5.06. The molecule has 0 bridgehead atoms. The quantitative estimate of drug-likeness (QED) is 0.419. The number of aromatic nitrogens is 2. The molecule has 3 atom stereocenters. The largest absolute Gasteiger partial charge is 0.437 e. The number of urea groups is 1. The number of aliphatic hydroxyl groups is 1. The monoisotopic (exact) mass is 450 g/mol. The van der Waals surface area contributed by atoms with Gasteiger partial charge in [-0.3, -0.25) is 9.78 Å². The van der Waals surface area contributed by atoms with Crippen LogP contribution in [0.25, 0.3) is 10.9 Å². The number of alkyl halides is 3. The Morgan fingerprint density at radius 2 is 1.94 bits per heavy atom. The van der Waals surface area contributed by atoms with Crippen molar-refractivity contribution in [1.82, 2.24) is 20.6 Å². The zero-order valence-corrected chi connectivity index (χ0v) is 16.3. The molecule has 1 aliphatic heterocycles. The maximum atomic E-state index is 14.0. The fourth-order valence-electron chi connectivity index (χ4n) is 3.61. The van der Waals surface area contributed by atoms with Crippen LogP contribution in [-0.2, 0) is 0 Å². The van der Waals surface area contributed by atoms with Crippen LogP contribution in [0.5, 0.6) is 0 Å². The topological polar surface area (TPSA) is 104 Å². The van der Waals surface area contributed by atoms with E-state index < -0.39 is 35.7 Å². The lowest BCUT2D eigenvalue weighted by Crippen LogP contribution is -2.72. The van der Waals surface area contributed by atoms with Gasteiger partial charge in [0.25, 0.3) is 0 Å². The molecule has 31 heavy (non-hydrogen) atoms. The first-order chi connectivity index (χ1) is 14.6. The average Bonchev–Trinajstić information content (AvgIpc) is 2.72. The first-order valence-electron chi connectivity index (χ1n) is 8.99. The number of fused-ring (bicyclic) bond motifs is 1. The van der Waals surface area contributed by atoms with Crippen LogP contribution < -0.4 is 10.6 Å². The van der Waals surface area contributed by atoms with Crippen LogP contribution in [0.2, 0.25) is 5.15 Å². The lowest BCUT2D eigenvalue weighted by atomic mass is 9.77. The SMILES string of the molecule is O=C1N[C@@H](c2cc3ccccc3nc2Cl)[C@H](C(=O)c2cccnc2)[C@](O)(C(F)(F)F)N1. The molecule has 3 aromatic rings. The van der Waals surface area contributed by atoms with E-state index in [0.717, 1.165) is 6.20 Å². The normalized spacial score (nSPS) is 23.8. The van der Waals surface area contributed by atoms with E-state index >= 15 is 0 Å². The maximum Gasteiger partial charge on any atom is 0.437 e. The van der Waals surface area contributed by atoms with Crippen molar-refractivity contribution in [1.29, 1.82) is 0 Å². The second-order valence-electron chi connectivity index (χ2n) is 6.99. The van der Waals surface area contributed by atoms with E-state index in [1.807, 2.05) is 0 Å². The molecule has 1 fully saturated rings. The lowest BCUT2D eigenvalue weighted by molar-refractivity contribution is -0.287. The molecule has 0 radical (unpaired) electrons. The Labute approximate surface area is 178 Å². The molecule has 160 valence electrons. The van der Waals surface area contributed by atoms with Gasteiger partial charge in [-0.1, -0.05) is 29.8 Å². The van der Waals surface area contributed by atoms with Crippen LogP contribution in [0.3, 0.4) is 0 Å². The van der Waals surface area contributed by atoms with Gasteiger partial charge in [-0.25, -0.2) is 9.78 Å². The molecule has 7 nitrogen and oxygen atoms in total. The first kappa shape index (κ1) is 21.0. The third-order valence-electron chi connectivity index (χ3n) is 5.07. The summed E-state index contributed by atoms with van der Waals surface area (Å²) >= 11 is 6.24. The van der Waals surface area contributed by atoms with Gasteiger partial charge < -0.3 is 15.7 Å². The molecule has 3 N–H and O–H groups in total. The minimum atomic E-state index is -5.37. The molecule has 0 spiro atoms. The summed E-state index contributed by atoms with van der Waals surface area (Å²) in [5.74, 6) is -3.30. The number of carbonyl (C=O) groups excluding carboxylic acids is 2. The number of rotatable bonds is 3. The van der Waals surface area contributed by atoms with Crippen LogP contribution in [0.4, 0.5) is 18.0 Å². The van der Waals surface area contributed by atoms with Crippen molar-refractivity contribution in [3.63, 3.8) is 0 Å². The number of amides is 2. The highest BCUT2D eigenvalue weighted by Gasteiger charge is 2.66. The third-order valence-corrected chi connectivity index (χ3v) is 5.38. The summed E-state index contributed by atoms with van der Waals surface area (Å²) < 4.78 is 41.9. The average molecular weight is 451 g/mol. The molecule has 4 rings (SSSR count). The number of nitrogens with zero attached hydrogens (tertiary/aromatic N) is 2. The van der Waals surface area contributed by atoms with Gasteiger partial charge in [0.15, 0.2) is 5.78 Å². The number of Topliss-reactive ketones (excluding diaryl/α,β-unsaturated/α-hetero) is 1. The predicted octanol–water partition coefficient (Wildman–Crippen LogP) is 3.39. The van der Waals surface area contributed by atoms with Gasteiger partial charge in [0.1, 0.15) is 11.1 Å². The highest BCUT2D eigenvalue weighted by atomic mass is 35.5. The minimum Gasteiger partial charge on any atom is -0.363 e. The van der Waals surface area contributed by atoms with Gasteiger partial charge in [0.2, 0.25) is 5.72 Å². The molecule has 11 heteroatoms. The number of pyridine rings is 2. The molecule has 0 unspecified atom stereocenters. The molecular formula is C20H14ClF3N4O3. The summed E-state index contributed by atoms with van der Waals surface area (Å²) in [6, 6.07) is 7.81. The summed E-state index contributed by atoms with van der Waals surface area (Å²) in [7, 11) is 0. The molecule has 0 saturated carbocycles. The van der Waals surface area contributed by atoms with Crippen molar-refractivity contribution < 1.29 is 27.9 Å². The molecule has 3 heterocycles. The van der Waals surface area contributed by atoms with Crippen LogP contribution >= 0.6 is 11.6 Å². The molecule has 1 aliphatic rings. The highest BCUT2D eigenvalue weighted by Crippen LogP contribution is 2.45. The second-order valence-corrected chi connectivity index (χ2v) is 7.34. The van der Waals surface area contributed by atoms with Crippen molar-refractivity contribution in [3.05, 3.63) is 71.1 Å². The van der Waals surface area contributed by atoms with Crippen LogP contribution in [0, 0.1) is 5.92 Å². The zero-order valence-electron chi connectivity index (χ0n) is 15.5. The Bertz CT molecular complexity index is 1180. The number of ketones is 1. The Morgan fingerprint density at radius 1 is 1.19 bits per heavy atom. The Hall–Kier alpha value is -3.24. The number of halogens is 4. The van der Waals surface area contributed by atoms with Crippen molar-refractivity contribution in [3.8, 4) is 0 Å². The summed E-state index contributed by atoms with van der Waals surface area (Å²) in [4.78, 5) is 33.2. The van der Waals surface area contributed by atoms with Gasteiger partial charge in [-0.05, 0) is 24.3 Å². The highest BCUT2D eigenvalue weighted by molar-refractivity contribution is 6.30. The van der Waals surface area contributed by atoms with Crippen LogP contribution in [0.1, 0.15) is 22.0 Å². The van der Waals surface area contributed by atoms with Crippen molar-refractivity contribution >= 4 is 34.3 Å². The summed E-state index contributed by atoms with van der Waals surface area (Å²) in [6.07, 6.45) is -2.95. The van der Waals surface area contributed by atoms with E-state index in [4.69, 9.17) is 11.6 Å². The van der Waals surface area contributed by atoms with Gasteiger partial charge >= 0.3 is 12.2 Å². The van der Waals surface area contributed by atoms with Crippen molar-refractivity contribution in [2.24, 2.45) is 5.92 Å². The fraction of sp³-hybridized carbons (Fsp3) is 0.200. The number of nitrogens with one attached hydrogen (secondary N) is 2. The van der Waals surface area contributed by atoms with Crippen molar-refractivity contribution in [2.75, 3.05) is 0 Å². The van der Waals surface area contributed by atoms with E-state index in [0.29, 0.717) is 10.9 Å². The summed E-state index contributed by atoms with van der Waals surface area (Å²) in [5, 5.41) is 14.7. The fourth-order valence-corrected chi connectivity index (χ4v) is 3.88. The number of benzene rings is 1. The summed E-state index contributed by atoms with van der Waals surface area (Å²) in [6.45, 7) is 0. The van der Waals surface area contributed by atoms with E-state index in [9.17, 15) is 27.9 Å². The van der Waals surface area contributed by atoms with E-state index in [1.165, 1.54) is 29.7 Å². The Morgan fingerprint density at radius 3 is 2.61 bits per heavy atom. The molecular weight excluding hydrogens is 437 g/mol. The van der Waals surface area contributed by atoms with E-state index in [2.05, 4.69) is 15.3 Å². The second kappa shape index (κ2) is 7.47. The van der Waals surface area contributed by atoms with E-state index in [1.54, 1.807) is 24.3 Å². The number of hydrogen-bond acceptors (Lipinski definition) is 5. The predicted molar refractivity (Wildman–Crippen MR) is 104 cm³/mol. The zero-order chi connectivity index (χ0) is 22.4. The molecule has 1 saturated heterocycles. The maximum absolute atomic E-state index is 14.0. The standard InChI is InChI=1S/C20H14ClF3N4O3/c21-17-12(8-10-4-1-2-6-13(10)26-17)15-14(16(29)11-5-3-7-25-9-11)19(31,20(22,23)24)28-18(30)27-15/h1-9,14-15,31H,(H2,27,28,30)/t14-,15+,19+/m1/s1. The van der Waals surface area contributed by atoms with Gasteiger partial charge in [0.05, 0.1) is 11.6 Å². The Balaban J connectivity index is 1.93. The van der Waals surface area contributed by atoms with Crippen LogP contribution in [0.15, 0.2) is 54.9 Å². The summed E-state index contributed by atoms with van der Waals surface area (Å²) in [5.41, 5.74) is -3.61. The third kappa shape index (κ3) is 3.57. The number of carbonyl (C=O) groups is 2. The smallest absolute Gasteiger partial charge is 0.363 e. The lowest BCUT2D eigenvalue weighted by Gasteiger charge is -2.45. The van der Waals surface area contributed by atoms with Gasteiger partial charge in [-0.15, -0.1) is 0 Å². The van der Waals surface area contributed by atoms with Gasteiger partial charge in [-0.2, -0.15) is 13.2 Å². The van der Waals surface area contributed by atoms with E-state index in [-0.39, 0.29) is 16.3 Å². The molecule has 1 aromatic carbocycles. The van der Waals surface area contributed by atoms with Crippen molar-refractivity contribution in [2.45, 2.75) is 17.9 Å². The molecule has 2 aromatic heterocycles. The molecule has 0 aliphatic carbocycles.